The number of rotatable bonds is 3. The first kappa shape index (κ1) is 14.5. The van der Waals surface area contributed by atoms with Crippen molar-refractivity contribution >= 4 is 11.9 Å². The molecule has 0 unspecified atom stereocenters. The summed E-state index contributed by atoms with van der Waals surface area (Å²) >= 11 is 0. The number of hydrogen-bond acceptors (Lipinski definition) is 4. The summed E-state index contributed by atoms with van der Waals surface area (Å²) in [6.07, 6.45) is 6.45. The number of aryl methyl sites for hydroxylation is 1. The molecule has 1 fully saturated rings. The van der Waals surface area contributed by atoms with Gasteiger partial charge in [0.2, 0.25) is 0 Å². The van der Waals surface area contributed by atoms with Gasteiger partial charge in [0.15, 0.2) is 0 Å². The molecule has 0 aromatic carbocycles. The summed E-state index contributed by atoms with van der Waals surface area (Å²) < 4.78 is 4.75. The van der Waals surface area contributed by atoms with Crippen LogP contribution < -0.4 is 5.32 Å². The molecule has 5 nitrogen and oxygen atoms in total. The molecule has 1 N–H and O–H groups in total. The van der Waals surface area contributed by atoms with Crippen molar-refractivity contribution in [2.24, 2.45) is 5.92 Å². The summed E-state index contributed by atoms with van der Waals surface area (Å²) in [6, 6.07) is 1.95. The van der Waals surface area contributed by atoms with Crippen LogP contribution in [0, 0.1) is 12.8 Å². The van der Waals surface area contributed by atoms with E-state index in [1.807, 2.05) is 13.0 Å². The predicted molar refractivity (Wildman–Crippen MR) is 74.2 cm³/mol. The molecule has 0 spiro atoms. The minimum absolute atomic E-state index is 0.0196. The summed E-state index contributed by atoms with van der Waals surface area (Å²) in [5.41, 5.74) is 1.55. The predicted octanol–water partition coefficient (Wildman–Crippen LogP) is 1.85. The number of carbonyl (C=O) groups is 2. The van der Waals surface area contributed by atoms with Gasteiger partial charge in [-0.3, -0.25) is 14.6 Å². The van der Waals surface area contributed by atoms with Crippen LogP contribution in [0.1, 0.15) is 41.6 Å². The molecule has 1 amide bonds. The zero-order valence-electron chi connectivity index (χ0n) is 11.9. The van der Waals surface area contributed by atoms with E-state index in [4.69, 9.17) is 4.74 Å². The Hall–Kier alpha value is -1.91. The highest BCUT2D eigenvalue weighted by Gasteiger charge is 2.27. The van der Waals surface area contributed by atoms with Crippen LogP contribution in [0.2, 0.25) is 0 Å². The molecule has 0 aliphatic heterocycles. The molecule has 0 radical (unpaired) electrons. The number of amides is 1. The SMILES string of the molecule is COC(=O)C1CCC(NC(=O)c2cncc(C)c2)CC1. The van der Waals surface area contributed by atoms with Gasteiger partial charge in [-0.05, 0) is 44.2 Å². The smallest absolute Gasteiger partial charge is 0.308 e. The highest BCUT2D eigenvalue weighted by atomic mass is 16.5. The van der Waals surface area contributed by atoms with Gasteiger partial charge in [-0.2, -0.15) is 0 Å². The topological polar surface area (TPSA) is 68.3 Å². The van der Waals surface area contributed by atoms with Crippen LogP contribution in [0.15, 0.2) is 18.5 Å². The number of esters is 1. The quantitative estimate of drug-likeness (QED) is 0.855. The van der Waals surface area contributed by atoms with E-state index in [9.17, 15) is 9.59 Å². The first-order valence-corrected chi connectivity index (χ1v) is 6.90. The van der Waals surface area contributed by atoms with E-state index in [0.717, 1.165) is 31.2 Å². The third-order valence-electron chi connectivity index (χ3n) is 3.73. The molecule has 2 rings (SSSR count). The van der Waals surface area contributed by atoms with Crippen molar-refractivity contribution in [3.63, 3.8) is 0 Å². The van der Waals surface area contributed by atoms with Crippen molar-refractivity contribution < 1.29 is 14.3 Å². The van der Waals surface area contributed by atoms with E-state index in [0.29, 0.717) is 5.56 Å². The molecule has 0 saturated heterocycles. The lowest BCUT2D eigenvalue weighted by molar-refractivity contribution is -0.146. The molecule has 108 valence electrons. The molecule has 5 heteroatoms. The molecule has 1 saturated carbocycles. The fourth-order valence-corrected chi connectivity index (χ4v) is 2.59. The van der Waals surface area contributed by atoms with E-state index in [2.05, 4.69) is 10.3 Å². The summed E-state index contributed by atoms with van der Waals surface area (Å²) in [6.45, 7) is 1.91. The average Bonchev–Trinajstić information content (AvgIpc) is 2.47. The molecule has 20 heavy (non-hydrogen) atoms. The summed E-state index contributed by atoms with van der Waals surface area (Å²) in [5, 5.41) is 3.01. The number of aromatic nitrogens is 1. The van der Waals surface area contributed by atoms with E-state index in [1.54, 1.807) is 12.4 Å². The van der Waals surface area contributed by atoms with Gasteiger partial charge < -0.3 is 10.1 Å². The van der Waals surface area contributed by atoms with Crippen molar-refractivity contribution in [3.05, 3.63) is 29.6 Å². The third-order valence-corrected chi connectivity index (χ3v) is 3.73. The van der Waals surface area contributed by atoms with Gasteiger partial charge in [0.05, 0.1) is 18.6 Å². The maximum Gasteiger partial charge on any atom is 0.308 e. The lowest BCUT2D eigenvalue weighted by Crippen LogP contribution is -2.39. The minimum atomic E-state index is -0.141. The molecule has 1 aromatic heterocycles. The average molecular weight is 276 g/mol. The highest BCUT2D eigenvalue weighted by Crippen LogP contribution is 2.25. The number of carbonyl (C=O) groups excluding carboxylic acids is 2. The Kier molecular flexibility index (Phi) is 4.71. The van der Waals surface area contributed by atoms with Gasteiger partial charge in [-0.1, -0.05) is 0 Å². The molecule has 1 aliphatic rings. The van der Waals surface area contributed by atoms with Crippen LogP contribution in [0.3, 0.4) is 0 Å². The van der Waals surface area contributed by atoms with Crippen molar-refractivity contribution in [1.82, 2.24) is 10.3 Å². The molecular weight excluding hydrogens is 256 g/mol. The molecular formula is C15H20N2O3. The second-order valence-electron chi connectivity index (χ2n) is 5.30. The first-order valence-electron chi connectivity index (χ1n) is 6.90. The molecule has 1 aliphatic carbocycles. The Morgan fingerprint density at radius 3 is 2.55 bits per heavy atom. The highest BCUT2D eigenvalue weighted by molar-refractivity contribution is 5.94. The van der Waals surface area contributed by atoms with Crippen molar-refractivity contribution in [3.8, 4) is 0 Å². The summed E-state index contributed by atoms with van der Waals surface area (Å²) in [5.74, 6) is -0.255. The number of pyridine rings is 1. The summed E-state index contributed by atoms with van der Waals surface area (Å²) in [4.78, 5) is 27.6. The second kappa shape index (κ2) is 6.50. The van der Waals surface area contributed by atoms with Crippen LogP contribution >= 0.6 is 0 Å². The molecule has 0 atom stereocenters. The molecule has 0 bridgehead atoms. The van der Waals surface area contributed by atoms with Crippen LogP contribution in [0.4, 0.5) is 0 Å². The van der Waals surface area contributed by atoms with Gasteiger partial charge in [0, 0.05) is 18.4 Å². The van der Waals surface area contributed by atoms with E-state index in [-0.39, 0.29) is 23.8 Å². The van der Waals surface area contributed by atoms with Crippen LogP contribution in [-0.4, -0.2) is 30.0 Å². The Bertz CT molecular complexity index is 494. The summed E-state index contributed by atoms with van der Waals surface area (Å²) in [7, 11) is 1.42. The van der Waals surface area contributed by atoms with E-state index >= 15 is 0 Å². The maximum atomic E-state index is 12.1. The standard InChI is InChI=1S/C15H20N2O3/c1-10-7-12(9-16-8-10)14(18)17-13-5-3-11(4-6-13)15(19)20-2/h7-9,11,13H,3-6H2,1-2H3,(H,17,18). The fourth-order valence-electron chi connectivity index (χ4n) is 2.59. The largest absolute Gasteiger partial charge is 0.469 e. The van der Waals surface area contributed by atoms with Gasteiger partial charge in [-0.15, -0.1) is 0 Å². The Labute approximate surface area is 118 Å². The van der Waals surface area contributed by atoms with Crippen molar-refractivity contribution in [2.45, 2.75) is 38.6 Å². The van der Waals surface area contributed by atoms with Crippen LogP contribution in [0.5, 0.6) is 0 Å². The number of hydrogen-bond donors (Lipinski definition) is 1. The maximum absolute atomic E-state index is 12.1. The van der Waals surface area contributed by atoms with Gasteiger partial charge in [0.25, 0.3) is 5.91 Å². The lowest BCUT2D eigenvalue weighted by Gasteiger charge is -2.27. The zero-order chi connectivity index (χ0) is 14.5. The van der Waals surface area contributed by atoms with Gasteiger partial charge in [-0.25, -0.2) is 0 Å². The molecule has 1 heterocycles. The number of nitrogens with one attached hydrogen (secondary N) is 1. The van der Waals surface area contributed by atoms with Crippen molar-refractivity contribution in [2.75, 3.05) is 7.11 Å². The van der Waals surface area contributed by atoms with Crippen molar-refractivity contribution in [1.29, 1.82) is 0 Å². The van der Waals surface area contributed by atoms with Crippen LogP contribution in [0.25, 0.3) is 0 Å². The second-order valence-corrected chi connectivity index (χ2v) is 5.30. The number of ether oxygens (including phenoxy) is 1. The fraction of sp³-hybridized carbons (Fsp3) is 0.533. The normalized spacial score (nSPS) is 22.1. The Balaban J connectivity index is 1.86. The van der Waals surface area contributed by atoms with E-state index in [1.165, 1.54) is 7.11 Å². The number of methoxy groups -OCH3 is 1. The first-order chi connectivity index (χ1) is 9.60. The molecule has 1 aromatic rings. The monoisotopic (exact) mass is 276 g/mol. The zero-order valence-corrected chi connectivity index (χ0v) is 11.9. The van der Waals surface area contributed by atoms with Crippen LogP contribution in [-0.2, 0) is 9.53 Å². The van der Waals surface area contributed by atoms with Gasteiger partial charge in [0.1, 0.15) is 0 Å². The number of nitrogens with zero attached hydrogens (tertiary/aromatic N) is 1. The van der Waals surface area contributed by atoms with Gasteiger partial charge >= 0.3 is 5.97 Å². The lowest BCUT2D eigenvalue weighted by atomic mass is 9.86. The Morgan fingerprint density at radius 1 is 1.25 bits per heavy atom. The minimum Gasteiger partial charge on any atom is -0.469 e. The van der Waals surface area contributed by atoms with E-state index < -0.39 is 0 Å². The third kappa shape index (κ3) is 3.56. The Morgan fingerprint density at radius 2 is 1.95 bits per heavy atom.